The summed E-state index contributed by atoms with van der Waals surface area (Å²) in [7, 11) is 0. The average Bonchev–Trinajstić information content (AvgIpc) is 2.85. The molecule has 7 heteroatoms. The van der Waals surface area contributed by atoms with E-state index in [1.54, 1.807) is 11.1 Å². The van der Waals surface area contributed by atoms with Gasteiger partial charge in [0.05, 0.1) is 6.54 Å². The summed E-state index contributed by atoms with van der Waals surface area (Å²) in [4.78, 5) is 5.77. The van der Waals surface area contributed by atoms with Gasteiger partial charge in [-0.1, -0.05) is 0 Å². The van der Waals surface area contributed by atoms with E-state index in [-0.39, 0.29) is 17.1 Å². The SMILES string of the molecule is N=C(N)c1cc(F)c(N2CCn3ccnc3C2)c(F)c1. The van der Waals surface area contributed by atoms with Gasteiger partial charge in [-0.05, 0) is 12.1 Å². The number of nitrogen functional groups attached to an aromatic ring is 1. The first-order chi connectivity index (χ1) is 9.56. The molecular weight excluding hydrogens is 264 g/mol. The first-order valence-electron chi connectivity index (χ1n) is 6.14. The Labute approximate surface area is 114 Å². The lowest BCUT2D eigenvalue weighted by Gasteiger charge is -2.30. The number of nitrogens with one attached hydrogen (secondary N) is 1. The van der Waals surface area contributed by atoms with Crippen molar-refractivity contribution in [3.63, 3.8) is 0 Å². The summed E-state index contributed by atoms with van der Waals surface area (Å²) in [5.74, 6) is -1.01. The lowest BCUT2D eigenvalue weighted by atomic mass is 10.1. The van der Waals surface area contributed by atoms with Crippen LogP contribution in [0.3, 0.4) is 0 Å². The van der Waals surface area contributed by atoms with Gasteiger partial charge in [-0.25, -0.2) is 13.8 Å². The molecule has 0 saturated heterocycles. The largest absolute Gasteiger partial charge is 0.384 e. The number of aromatic nitrogens is 2. The third kappa shape index (κ3) is 2.01. The average molecular weight is 277 g/mol. The van der Waals surface area contributed by atoms with E-state index in [2.05, 4.69) is 4.98 Å². The molecule has 0 aliphatic carbocycles. The lowest BCUT2D eigenvalue weighted by molar-refractivity contribution is 0.522. The summed E-state index contributed by atoms with van der Waals surface area (Å²) >= 11 is 0. The first-order valence-corrected chi connectivity index (χ1v) is 6.14. The molecule has 5 nitrogen and oxygen atoms in total. The molecule has 0 saturated carbocycles. The van der Waals surface area contributed by atoms with Gasteiger partial charge in [-0.15, -0.1) is 0 Å². The van der Waals surface area contributed by atoms with Crippen LogP contribution in [-0.2, 0) is 13.1 Å². The summed E-state index contributed by atoms with van der Waals surface area (Å²) in [5, 5.41) is 7.24. The van der Waals surface area contributed by atoms with Crippen LogP contribution in [0.4, 0.5) is 14.5 Å². The van der Waals surface area contributed by atoms with Gasteiger partial charge < -0.3 is 15.2 Å². The van der Waals surface area contributed by atoms with Gasteiger partial charge in [0, 0.05) is 31.0 Å². The monoisotopic (exact) mass is 277 g/mol. The van der Waals surface area contributed by atoms with Crippen molar-refractivity contribution in [2.45, 2.75) is 13.1 Å². The van der Waals surface area contributed by atoms with E-state index < -0.39 is 11.6 Å². The van der Waals surface area contributed by atoms with E-state index in [0.717, 1.165) is 18.0 Å². The van der Waals surface area contributed by atoms with E-state index in [9.17, 15) is 8.78 Å². The summed E-state index contributed by atoms with van der Waals surface area (Å²) in [5.41, 5.74) is 5.20. The Morgan fingerprint density at radius 2 is 1.95 bits per heavy atom. The molecule has 1 aliphatic rings. The third-order valence-electron chi connectivity index (χ3n) is 3.39. The van der Waals surface area contributed by atoms with Crippen molar-refractivity contribution in [1.29, 1.82) is 5.41 Å². The Hall–Kier alpha value is -2.44. The van der Waals surface area contributed by atoms with Crippen LogP contribution in [0, 0.1) is 17.0 Å². The minimum atomic E-state index is -0.713. The highest BCUT2D eigenvalue weighted by atomic mass is 19.1. The number of benzene rings is 1. The molecule has 2 heterocycles. The normalized spacial score (nSPS) is 14.2. The number of hydrogen-bond donors (Lipinski definition) is 2. The molecule has 0 amide bonds. The van der Waals surface area contributed by atoms with E-state index in [1.165, 1.54) is 0 Å². The highest BCUT2D eigenvalue weighted by Crippen LogP contribution is 2.27. The Kier molecular flexibility index (Phi) is 2.89. The predicted octanol–water partition coefficient (Wildman–Crippen LogP) is 1.47. The zero-order valence-electron chi connectivity index (χ0n) is 10.6. The molecule has 3 N–H and O–H groups in total. The second kappa shape index (κ2) is 4.59. The van der Waals surface area contributed by atoms with Crippen LogP contribution in [0.25, 0.3) is 0 Å². The van der Waals surface area contributed by atoms with Crippen molar-refractivity contribution in [3.8, 4) is 0 Å². The molecule has 1 aliphatic heterocycles. The molecule has 0 radical (unpaired) electrons. The second-order valence-electron chi connectivity index (χ2n) is 4.66. The molecule has 0 atom stereocenters. The van der Waals surface area contributed by atoms with Gasteiger partial charge in [0.2, 0.25) is 0 Å². The van der Waals surface area contributed by atoms with Gasteiger partial charge >= 0.3 is 0 Å². The molecule has 20 heavy (non-hydrogen) atoms. The van der Waals surface area contributed by atoms with Crippen LogP contribution in [0.2, 0.25) is 0 Å². The molecule has 104 valence electrons. The minimum Gasteiger partial charge on any atom is -0.384 e. The van der Waals surface area contributed by atoms with Crippen molar-refractivity contribution in [3.05, 3.63) is 47.5 Å². The summed E-state index contributed by atoms with van der Waals surface area (Å²) in [6, 6.07) is 2.17. The van der Waals surface area contributed by atoms with Crippen LogP contribution in [0.1, 0.15) is 11.4 Å². The Morgan fingerprint density at radius 3 is 2.60 bits per heavy atom. The molecule has 1 aromatic heterocycles. The lowest BCUT2D eigenvalue weighted by Crippen LogP contribution is -2.35. The standard InChI is InChI=1S/C13H13F2N5/c14-9-5-8(13(16)17)6-10(15)12(9)20-4-3-19-2-1-18-11(19)7-20/h1-2,5-6H,3-4,7H2,(H3,16,17). The van der Waals surface area contributed by atoms with Gasteiger partial charge in [-0.2, -0.15) is 0 Å². The van der Waals surface area contributed by atoms with Gasteiger partial charge in [0.25, 0.3) is 0 Å². The quantitative estimate of drug-likeness (QED) is 0.645. The number of fused-ring (bicyclic) bond motifs is 1. The number of anilines is 1. The first kappa shape index (κ1) is 12.6. The Balaban J connectivity index is 1.97. The fourth-order valence-corrected chi connectivity index (χ4v) is 2.39. The molecule has 0 unspecified atom stereocenters. The molecule has 2 aromatic rings. The maximum Gasteiger partial charge on any atom is 0.150 e. The Bertz CT molecular complexity index is 656. The van der Waals surface area contributed by atoms with E-state index in [1.807, 2.05) is 10.8 Å². The minimum absolute atomic E-state index is 0.0438. The molecule has 0 bridgehead atoms. The van der Waals surface area contributed by atoms with Crippen molar-refractivity contribution >= 4 is 11.5 Å². The van der Waals surface area contributed by atoms with E-state index in [4.69, 9.17) is 11.1 Å². The number of imidazole rings is 1. The number of halogens is 2. The predicted molar refractivity (Wildman–Crippen MR) is 70.7 cm³/mol. The van der Waals surface area contributed by atoms with Gasteiger partial charge in [0.15, 0.2) is 0 Å². The smallest absolute Gasteiger partial charge is 0.150 e. The molecular formula is C13H13F2N5. The zero-order valence-corrected chi connectivity index (χ0v) is 10.6. The fourth-order valence-electron chi connectivity index (χ4n) is 2.39. The fraction of sp³-hybridized carbons (Fsp3) is 0.231. The number of nitrogens with zero attached hydrogens (tertiary/aromatic N) is 3. The summed E-state index contributed by atoms with van der Waals surface area (Å²) in [6.45, 7) is 1.47. The Morgan fingerprint density at radius 1 is 1.25 bits per heavy atom. The maximum absolute atomic E-state index is 14.1. The van der Waals surface area contributed by atoms with Crippen LogP contribution in [0.5, 0.6) is 0 Å². The van der Waals surface area contributed by atoms with Crippen molar-refractivity contribution in [2.75, 3.05) is 11.4 Å². The highest BCUT2D eigenvalue weighted by Gasteiger charge is 2.23. The summed E-state index contributed by atoms with van der Waals surface area (Å²) in [6.07, 6.45) is 3.52. The summed E-state index contributed by atoms with van der Waals surface area (Å²) < 4.78 is 30.1. The van der Waals surface area contributed by atoms with Crippen molar-refractivity contribution < 1.29 is 8.78 Å². The second-order valence-corrected chi connectivity index (χ2v) is 4.66. The zero-order chi connectivity index (χ0) is 14.3. The molecule has 1 aromatic carbocycles. The van der Waals surface area contributed by atoms with Crippen LogP contribution in [0.15, 0.2) is 24.5 Å². The van der Waals surface area contributed by atoms with Crippen molar-refractivity contribution in [2.24, 2.45) is 5.73 Å². The van der Waals surface area contributed by atoms with E-state index >= 15 is 0 Å². The van der Waals surface area contributed by atoms with Crippen LogP contribution < -0.4 is 10.6 Å². The maximum atomic E-state index is 14.1. The highest BCUT2D eigenvalue weighted by molar-refractivity contribution is 5.95. The van der Waals surface area contributed by atoms with Crippen molar-refractivity contribution in [1.82, 2.24) is 9.55 Å². The van der Waals surface area contributed by atoms with Crippen LogP contribution >= 0.6 is 0 Å². The molecule has 0 spiro atoms. The number of nitrogens with two attached hydrogens (primary N) is 1. The molecule has 0 fully saturated rings. The number of amidine groups is 1. The number of rotatable bonds is 2. The third-order valence-corrected chi connectivity index (χ3v) is 3.39. The van der Waals surface area contributed by atoms with Gasteiger partial charge in [0.1, 0.15) is 29.0 Å². The van der Waals surface area contributed by atoms with Gasteiger partial charge in [-0.3, -0.25) is 5.41 Å². The van der Waals surface area contributed by atoms with Crippen LogP contribution in [-0.4, -0.2) is 21.9 Å². The molecule has 3 rings (SSSR count). The topological polar surface area (TPSA) is 70.9 Å². The number of hydrogen-bond acceptors (Lipinski definition) is 3. The van der Waals surface area contributed by atoms with E-state index in [0.29, 0.717) is 19.6 Å².